The van der Waals surface area contributed by atoms with Gasteiger partial charge >= 0.3 is 0 Å². The van der Waals surface area contributed by atoms with Crippen LogP contribution in [0.25, 0.3) is 0 Å². The highest BCUT2D eigenvalue weighted by Gasteiger charge is 2.32. The van der Waals surface area contributed by atoms with E-state index < -0.39 is 10.2 Å². The number of piperidine rings is 1. The van der Waals surface area contributed by atoms with Crippen LogP contribution in [0.4, 0.5) is 0 Å². The van der Waals surface area contributed by atoms with Crippen molar-refractivity contribution in [3.63, 3.8) is 0 Å². The Hall–Kier alpha value is -0.210. The molecule has 0 spiro atoms. The number of ether oxygens (including phenoxy) is 1. The van der Waals surface area contributed by atoms with Crippen molar-refractivity contribution in [2.24, 2.45) is 11.7 Å². The molecule has 0 bridgehead atoms. The van der Waals surface area contributed by atoms with Crippen LogP contribution in [-0.2, 0) is 14.9 Å². The Labute approximate surface area is 122 Å². The molecule has 2 rings (SSSR count). The zero-order valence-electron chi connectivity index (χ0n) is 12.3. The molecule has 0 aromatic rings. The van der Waals surface area contributed by atoms with Crippen LogP contribution in [0.1, 0.15) is 32.1 Å². The van der Waals surface area contributed by atoms with Crippen LogP contribution in [0.15, 0.2) is 0 Å². The molecule has 2 saturated heterocycles. The van der Waals surface area contributed by atoms with Crippen LogP contribution in [-0.4, -0.2) is 63.0 Å². The third kappa shape index (κ3) is 3.92. The lowest BCUT2D eigenvalue weighted by Gasteiger charge is -2.34. The van der Waals surface area contributed by atoms with Crippen molar-refractivity contribution >= 4 is 10.2 Å². The predicted molar refractivity (Wildman–Crippen MR) is 78.5 cm³/mol. The molecule has 118 valence electrons. The summed E-state index contributed by atoms with van der Waals surface area (Å²) in [6.07, 6.45) is 4.94. The quantitative estimate of drug-likeness (QED) is 0.798. The van der Waals surface area contributed by atoms with E-state index in [1.54, 1.807) is 11.4 Å². The van der Waals surface area contributed by atoms with E-state index in [-0.39, 0.29) is 6.10 Å². The highest BCUT2D eigenvalue weighted by atomic mass is 32.2. The molecular formula is C13H27N3O3S. The lowest BCUT2D eigenvalue weighted by atomic mass is 9.99. The van der Waals surface area contributed by atoms with E-state index in [0.717, 1.165) is 38.7 Å². The molecule has 0 aromatic heterocycles. The van der Waals surface area contributed by atoms with Gasteiger partial charge in [0.2, 0.25) is 0 Å². The molecule has 2 aliphatic rings. The smallest absolute Gasteiger partial charge is 0.281 e. The van der Waals surface area contributed by atoms with Gasteiger partial charge in [-0.05, 0) is 44.6 Å². The number of rotatable bonds is 5. The molecular weight excluding hydrogens is 278 g/mol. The average Bonchev–Trinajstić information content (AvgIpc) is 2.48. The van der Waals surface area contributed by atoms with Gasteiger partial charge < -0.3 is 10.5 Å². The van der Waals surface area contributed by atoms with Crippen LogP contribution in [0.2, 0.25) is 0 Å². The average molecular weight is 305 g/mol. The van der Waals surface area contributed by atoms with Gasteiger partial charge in [-0.2, -0.15) is 17.0 Å². The SMILES string of the molecule is CN(CC1CCCCO1)S(=O)(=O)N1CCC(CN)CC1. The highest BCUT2D eigenvalue weighted by Crippen LogP contribution is 2.21. The molecule has 7 heteroatoms. The molecule has 2 N–H and O–H groups in total. The minimum absolute atomic E-state index is 0.0464. The Morgan fingerprint density at radius 2 is 1.95 bits per heavy atom. The monoisotopic (exact) mass is 305 g/mol. The number of nitrogens with zero attached hydrogens (tertiary/aromatic N) is 2. The lowest BCUT2D eigenvalue weighted by Crippen LogP contribution is -2.48. The van der Waals surface area contributed by atoms with Crippen molar-refractivity contribution in [2.75, 3.05) is 39.8 Å². The van der Waals surface area contributed by atoms with Gasteiger partial charge in [-0.25, -0.2) is 0 Å². The van der Waals surface area contributed by atoms with Gasteiger partial charge in [0.1, 0.15) is 0 Å². The summed E-state index contributed by atoms with van der Waals surface area (Å²) in [5.74, 6) is 0.466. The largest absolute Gasteiger partial charge is 0.377 e. The molecule has 2 aliphatic heterocycles. The first kappa shape index (κ1) is 16.2. The molecule has 1 unspecified atom stereocenters. The molecule has 0 aromatic carbocycles. The molecule has 20 heavy (non-hydrogen) atoms. The number of nitrogens with two attached hydrogens (primary N) is 1. The molecule has 0 aliphatic carbocycles. The van der Waals surface area contributed by atoms with E-state index in [1.165, 1.54) is 4.31 Å². The number of hydrogen-bond donors (Lipinski definition) is 1. The minimum Gasteiger partial charge on any atom is -0.377 e. The Bertz CT molecular complexity index is 388. The fourth-order valence-corrected chi connectivity index (χ4v) is 4.33. The minimum atomic E-state index is -3.35. The zero-order valence-corrected chi connectivity index (χ0v) is 13.1. The Morgan fingerprint density at radius 3 is 2.50 bits per heavy atom. The molecule has 0 saturated carbocycles. The number of likely N-dealkylation sites (N-methyl/N-ethyl adjacent to an activating group) is 1. The molecule has 0 amide bonds. The van der Waals surface area contributed by atoms with E-state index in [2.05, 4.69) is 0 Å². The van der Waals surface area contributed by atoms with Crippen molar-refractivity contribution < 1.29 is 13.2 Å². The molecule has 1 atom stereocenters. The maximum Gasteiger partial charge on any atom is 0.281 e. The van der Waals surface area contributed by atoms with E-state index in [1.807, 2.05) is 0 Å². The van der Waals surface area contributed by atoms with Crippen LogP contribution in [0, 0.1) is 5.92 Å². The first-order valence-electron chi connectivity index (χ1n) is 7.57. The van der Waals surface area contributed by atoms with Gasteiger partial charge in [-0.1, -0.05) is 0 Å². The first-order valence-corrected chi connectivity index (χ1v) is 8.97. The molecule has 0 radical (unpaired) electrons. The van der Waals surface area contributed by atoms with Crippen molar-refractivity contribution in [3.05, 3.63) is 0 Å². The lowest BCUT2D eigenvalue weighted by molar-refractivity contribution is 0.00784. The van der Waals surface area contributed by atoms with E-state index in [9.17, 15) is 8.42 Å². The van der Waals surface area contributed by atoms with Crippen molar-refractivity contribution in [1.29, 1.82) is 0 Å². The molecule has 2 fully saturated rings. The molecule has 6 nitrogen and oxygen atoms in total. The van der Waals surface area contributed by atoms with Gasteiger partial charge in [0.15, 0.2) is 0 Å². The number of hydrogen-bond acceptors (Lipinski definition) is 4. The van der Waals surface area contributed by atoms with Crippen LogP contribution in [0.5, 0.6) is 0 Å². The van der Waals surface area contributed by atoms with Gasteiger partial charge in [0.05, 0.1) is 6.10 Å². The van der Waals surface area contributed by atoms with Crippen molar-refractivity contribution in [2.45, 2.75) is 38.2 Å². The zero-order chi connectivity index (χ0) is 14.6. The fourth-order valence-electron chi connectivity index (χ4n) is 2.91. The third-order valence-electron chi connectivity index (χ3n) is 4.36. The summed E-state index contributed by atoms with van der Waals surface area (Å²) in [5, 5.41) is 0. The fraction of sp³-hybridized carbons (Fsp3) is 1.00. The Kier molecular flexibility index (Phi) is 5.80. The third-order valence-corrected chi connectivity index (χ3v) is 6.32. The second-order valence-corrected chi connectivity index (χ2v) is 7.89. The summed E-state index contributed by atoms with van der Waals surface area (Å²) >= 11 is 0. The van der Waals surface area contributed by atoms with E-state index >= 15 is 0 Å². The van der Waals surface area contributed by atoms with Gasteiger partial charge in [0, 0.05) is 33.3 Å². The molecule has 2 heterocycles. The summed E-state index contributed by atoms with van der Waals surface area (Å²) in [6, 6.07) is 0. The second-order valence-electron chi connectivity index (χ2n) is 5.85. The van der Waals surface area contributed by atoms with Gasteiger partial charge in [-0.15, -0.1) is 0 Å². The van der Waals surface area contributed by atoms with Crippen LogP contribution >= 0.6 is 0 Å². The summed E-state index contributed by atoms with van der Waals surface area (Å²) < 4.78 is 33.7. The summed E-state index contributed by atoms with van der Waals surface area (Å²) in [7, 11) is -1.69. The Morgan fingerprint density at radius 1 is 1.25 bits per heavy atom. The Balaban J connectivity index is 1.88. The predicted octanol–water partition coefficient (Wildman–Crippen LogP) is 0.403. The maximum atomic E-state index is 12.5. The summed E-state index contributed by atoms with van der Waals surface area (Å²) in [6.45, 7) is 3.03. The van der Waals surface area contributed by atoms with Crippen molar-refractivity contribution in [1.82, 2.24) is 8.61 Å². The second kappa shape index (κ2) is 7.17. The topological polar surface area (TPSA) is 75.9 Å². The normalized spacial score (nSPS) is 27.1. The van der Waals surface area contributed by atoms with Crippen LogP contribution < -0.4 is 5.73 Å². The van der Waals surface area contributed by atoms with E-state index in [4.69, 9.17) is 10.5 Å². The highest BCUT2D eigenvalue weighted by molar-refractivity contribution is 7.86. The van der Waals surface area contributed by atoms with E-state index in [0.29, 0.717) is 32.1 Å². The van der Waals surface area contributed by atoms with Crippen LogP contribution in [0.3, 0.4) is 0 Å². The standard InChI is InChI=1S/C13H27N3O3S/c1-15(11-13-4-2-3-9-19-13)20(17,18)16-7-5-12(10-14)6-8-16/h12-13H,2-11,14H2,1H3. The van der Waals surface area contributed by atoms with Gasteiger partial charge in [0.25, 0.3) is 10.2 Å². The van der Waals surface area contributed by atoms with Crippen molar-refractivity contribution in [3.8, 4) is 0 Å². The van der Waals surface area contributed by atoms with Gasteiger partial charge in [-0.3, -0.25) is 0 Å². The summed E-state index contributed by atoms with van der Waals surface area (Å²) in [4.78, 5) is 0. The summed E-state index contributed by atoms with van der Waals surface area (Å²) in [5.41, 5.74) is 5.65. The first-order chi connectivity index (χ1) is 9.54. The maximum absolute atomic E-state index is 12.5.